The van der Waals surface area contributed by atoms with Crippen LogP contribution >= 0.6 is 0 Å². The molecular formula is C15H23N3O. The minimum Gasteiger partial charge on any atom is -0.351 e. The van der Waals surface area contributed by atoms with Crippen LogP contribution in [0.5, 0.6) is 0 Å². The third kappa shape index (κ3) is 4.33. The van der Waals surface area contributed by atoms with Crippen molar-refractivity contribution in [3.05, 3.63) is 35.9 Å². The summed E-state index contributed by atoms with van der Waals surface area (Å²) < 4.78 is 0. The molecule has 1 heterocycles. The van der Waals surface area contributed by atoms with E-state index in [9.17, 15) is 4.79 Å². The summed E-state index contributed by atoms with van der Waals surface area (Å²) in [7, 11) is 0. The Morgan fingerprint density at radius 3 is 2.89 bits per heavy atom. The Labute approximate surface area is 115 Å². The van der Waals surface area contributed by atoms with E-state index < -0.39 is 6.04 Å². The molecule has 0 aliphatic carbocycles. The fourth-order valence-electron chi connectivity index (χ4n) is 2.49. The highest BCUT2D eigenvalue weighted by molar-refractivity contribution is 5.81. The topological polar surface area (TPSA) is 58.4 Å². The van der Waals surface area contributed by atoms with Gasteiger partial charge < -0.3 is 11.1 Å². The third-order valence-electron chi connectivity index (χ3n) is 3.51. The van der Waals surface area contributed by atoms with Gasteiger partial charge in [0, 0.05) is 19.1 Å². The normalized spacial score (nSPS) is 21.9. The van der Waals surface area contributed by atoms with Crippen molar-refractivity contribution in [3.63, 3.8) is 0 Å². The van der Waals surface area contributed by atoms with Gasteiger partial charge in [-0.15, -0.1) is 0 Å². The zero-order valence-electron chi connectivity index (χ0n) is 11.5. The van der Waals surface area contributed by atoms with Gasteiger partial charge in [-0.25, -0.2) is 0 Å². The van der Waals surface area contributed by atoms with E-state index in [2.05, 4.69) is 34.5 Å². The smallest absolute Gasteiger partial charge is 0.236 e. The standard InChI is InChI=1S/C15H23N3O/c1-12(16)15(19)17-14-8-5-9-18(11-14)10-13-6-3-2-4-7-13/h2-4,6-7,12,14H,5,8-11,16H2,1H3,(H,17,19)/t12-,14?/m0/s1. The summed E-state index contributed by atoms with van der Waals surface area (Å²) in [6, 6.07) is 10.3. The Kier molecular flexibility index (Phi) is 4.93. The van der Waals surface area contributed by atoms with Crippen molar-refractivity contribution < 1.29 is 4.79 Å². The Balaban J connectivity index is 1.85. The molecule has 0 bridgehead atoms. The minimum absolute atomic E-state index is 0.0495. The van der Waals surface area contributed by atoms with Gasteiger partial charge in [-0.1, -0.05) is 30.3 Å². The van der Waals surface area contributed by atoms with E-state index in [1.165, 1.54) is 5.56 Å². The Morgan fingerprint density at radius 1 is 1.47 bits per heavy atom. The fraction of sp³-hybridized carbons (Fsp3) is 0.533. The average Bonchev–Trinajstić information content (AvgIpc) is 2.40. The second kappa shape index (κ2) is 6.68. The molecule has 2 rings (SSSR count). The first-order valence-corrected chi connectivity index (χ1v) is 6.97. The number of hydrogen-bond donors (Lipinski definition) is 2. The van der Waals surface area contributed by atoms with Crippen LogP contribution in [0.25, 0.3) is 0 Å². The molecule has 1 unspecified atom stereocenters. The lowest BCUT2D eigenvalue weighted by Gasteiger charge is -2.33. The largest absolute Gasteiger partial charge is 0.351 e. The molecule has 1 fully saturated rings. The van der Waals surface area contributed by atoms with Crippen LogP contribution in [-0.2, 0) is 11.3 Å². The zero-order chi connectivity index (χ0) is 13.7. The molecule has 1 aliphatic heterocycles. The number of carbonyl (C=O) groups is 1. The number of amides is 1. The molecule has 1 aliphatic rings. The summed E-state index contributed by atoms with van der Waals surface area (Å²) >= 11 is 0. The summed E-state index contributed by atoms with van der Waals surface area (Å²) in [5.41, 5.74) is 6.91. The number of likely N-dealkylation sites (tertiary alicyclic amines) is 1. The maximum atomic E-state index is 11.6. The SMILES string of the molecule is C[C@H](N)C(=O)NC1CCCN(Cc2ccccc2)C1. The van der Waals surface area contributed by atoms with Gasteiger partial charge in [-0.05, 0) is 31.9 Å². The molecule has 3 N–H and O–H groups in total. The predicted octanol–water partition coefficient (Wildman–Crippen LogP) is 1.11. The van der Waals surface area contributed by atoms with Crippen molar-refractivity contribution in [3.8, 4) is 0 Å². The predicted molar refractivity (Wildman–Crippen MR) is 76.5 cm³/mol. The lowest BCUT2D eigenvalue weighted by Crippen LogP contribution is -2.51. The summed E-state index contributed by atoms with van der Waals surface area (Å²) in [5.74, 6) is -0.0495. The number of nitrogens with one attached hydrogen (secondary N) is 1. The van der Waals surface area contributed by atoms with Crippen LogP contribution in [0.1, 0.15) is 25.3 Å². The quantitative estimate of drug-likeness (QED) is 0.854. The summed E-state index contributed by atoms with van der Waals surface area (Å²) in [6.07, 6.45) is 2.17. The van der Waals surface area contributed by atoms with Gasteiger partial charge in [0.25, 0.3) is 0 Å². The van der Waals surface area contributed by atoms with E-state index in [-0.39, 0.29) is 11.9 Å². The van der Waals surface area contributed by atoms with Crippen molar-refractivity contribution in [2.24, 2.45) is 5.73 Å². The van der Waals surface area contributed by atoms with Crippen LogP contribution in [0, 0.1) is 0 Å². The molecule has 1 aromatic carbocycles. The van der Waals surface area contributed by atoms with Crippen molar-refractivity contribution in [2.45, 2.75) is 38.4 Å². The molecule has 0 spiro atoms. The van der Waals surface area contributed by atoms with Crippen LogP contribution < -0.4 is 11.1 Å². The highest BCUT2D eigenvalue weighted by atomic mass is 16.2. The molecule has 19 heavy (non-hydrogen) atoms. The molecule has 2 atom stereocenters. The number of piperidine rings is 1. The number of nitrogens with two attached hydrogens (primary N) is 1. The summed E-state index contributed by atoms with van der Waals surface area (Å²) in [4.78, 5) is 14.0. The second-order valence-corrected chi connectivity index (χ2v) is 5.36. The number of nitrogens with zero attached hydrogens (tertiary/aromatic N) is 1. The van der Waals surface area contributed by atoms with Crippen LogP contribution in [0.3, 0.4) is 0 Å². The monoisotopic (exact) mass is 261 g/mol. The van der Waals surface area contributed by atoms with Crippen LogP contribution in [0.2, 0.25) is 0 Å². The third-order valence-corrected chi connectivity index (χ3v) is 3.51. The highest BCUT2D eigenvalue weighted by Gasteiger charge is 2.22. The van der Waals surface area contributed by atoms with E-state index in [1.54, 1.807) is 6.92 Å². The molecule has 0 radical (unpaired) electrons. The zero-order valence-corrected chi connectivity index (χ0v) is 11.5. The van der Waals surface area contributed by atoms with Crippen molar-refractivity contribution in [1.29, 1.82) is 0 Å². The van der Waals surface area contributed by atoms with Gasteiger partial charge >= 0.3 is 0 Å². The number of benzene rings is 1. The molecule has 4 nitrogen and oxygen atoms in total. The van der Waals surface area contributed by atoms with E-state index in [0.29, 0.717) is 0 Å². The van der Waals surface area contributed by atoms with Gasteiger partial charge in [-0.2, -0.15) is 0 Å². The van der Waals surface area contributed by atoms with Crippen molar-refractivity contribution in [2.75, 3.05) is 13.1 Å². The Hall–Kier alpha value is -1.39. The molecule has 1 amide bonds. The fourth-order valence-corrected chi connectivity index (χ4v) is 2.49. The second-order valence-electron chi connectivity index (χ2n) is 5.36. The van der Waals surface area contributed by atoms with E-state index >= 15 is 0 Å². The van der Waals surface area contributed by atoms with Crippen LogP contribution in [-0.4, -0.2) is 36.0 Å². The van der Waals surface area contributed by atoms with E-state index in [1.807, 2.05) is 6.07 Å². The minimum atomic E-state index is -0.426. The number of hydrogen-bond acceptors (Lipinski definition) is 3. The van der Waals surface area contributed by atoms with Gasteiger partial charge in [0.05, 0.1) is 6.04 Å². The van der Waals surface area contributed by atoms with Crippen LogP contribution in [0.15, 0.2) is 30.3 Å². The average molecular weight is 261 g/mol. The van der Waals surface area contributed by atoms with E-state index in [4.69, 9.17) is 5.73 Å². The molecular weight excluding hydrogens is 238 g/mol. The molecule has 0 saturated carbocycles. The molecule has 1 saturated heterocycles. The van der Waals surface area contributed by atoms with Crippen LogP contribution in [0.4, 0.5) is 0 Å². The number of carbonyl (C=O) groups excluding carboxylic acids is 1. The Bertz CT molecular complexity index is 405. The molecule has 1 aromatic rings. The number of rotatable bonds is 4. The van der Waals surface area contributed by atoms with Crippen molar-refractivity contribution >= 4 is 5.91 Å². The molecule has 4 heteroatoms. The summed E-state index contributed by atoms with van der Waals surface area (Å²) in [6.45, 7) is 4.68. The van der Waals surface area contributed by atoms with Gasteiger partial charge in [-0.3, -0.25) is 9.69 Å². The maximum absolute atomic E-state index is 11.6. The van der Waals surface area contributed by atoms with E-state index in [0.717, 1.165) is 32.5 Å². The highest BCUT2D eigenvalue weighted by Crippen LogP contribution is 2.13. The van der Waals surface area contributed by atoms with Gasteiger partial charge in [0.2, 0.25) is 5.91 Å². The lowest BCUT2D eigenvalue weighted by molar-refractivity contribution is -0.123. The first-order chi connectivity index (χ1) is 9.15. The lowest BCUT2D eigenvalue weighted by atomic mass is 10.0. The Morgan fingerprint density at radius 2 is 2.21 bits per heavy atom. The first kappa shape index (κ1) is 14.0. The van der Waals surface area contributed by atoms with Crippen molar-refractivity contribution in [1.82, 2.24) is 10.2 Å². The van der Waals surface area contributed by atoms with Gasteiger partial charge in [0.1, 0.15) is 0 Å². The first-order valence-electron chi connectivity index (χ1n) is 6.97. The molecule has 0 aromatic heterocycles. The van der Waals surface area contributed by atoms with Gasteiger partial charge in [0.15, 0.2) is 0 Å². The molecule has 104 valence electrons. The maximum Gasteiger partial charge on any atom is 0.236 e. The summed E-state index contributed by atoms with van der Waals surface area (Å²) in [5, 5.41) is 3.03.